The molecule has 1 fully saturated rings. The maximum absolute atomic E-state index is 5.87. The van der Waals surface area contributed by atoms with Gasteiger partial charge in [0.25, 0.3) is 0 Å². The molecule has 0 amide bonds. The van der Waals surface area contributed by atoms with Gasteiger partial charge < -0.3 is 4.74 Å². The number of morpholine rings is 1. The van der Waals surface area contributed by atoms with Crippen molar-refractivity contribution in [1.82, 2.24) is 24.5 Å². The van der Waals surface area contributed by atoms with Crippen LogP contribution in [0.15, 0.2) is 61.2 Å². The van der Waals surface area contributed by atoms with Crippen molar-refractivity contribution in [2.75, 3.05) is 19.7 Å². The highest BCUT2D eigenvalue weighted by Crippen LogP contribution is 2.14. The predicted octanol–water partition coefficient (Wildman–Crippen LogP) is 1.97. The smallest absolute Gasteiger partial charge is 0.0898 e. The third-order valence-electron chi connectivity index (χ3n) is 4.28. The van der Waals surface area contributed by atoms with Crippen LogP contribution >= 0.6 is 0 Å². The normalized spacial score (nSPS) is 18.8. The molecule has 4 rings (SSSR count). The van der Waals surface area contributed by atoms with Crippen molar-refractivity contribution < 1.29 is 4.74 Å². The second-order valence-corrected chi connectivity index (χ2v) is 6.07. The van der Waals surface area contributed by atoms with Gasteiger partial charge in [0.15, 0.2) is 0 Å². The highest BCUT2D eigenvalue weighted by molar-refractivity contribution is 5.33. The van der Waals surface area contributed by atoms with Crippen LogP contribution in [0, 0.1) is 0 Å². The summed E-state index contributed by atoms with van der Waals surface area (Å²) in [4.78, 5) is 2.45. The number of rotatable bonds is 5. The van der Waals surface area contributed by atoms with Crippen LogP contribution in [0.1, 0.15) is 5.56 Å². The van der Waals surface area contributed by atoms with Crippen LogP contribution in [-0.2, 0) is 17.8 Å². The Bertz CT molecular complexity index is 736. The molecule has 0 bridgehead atoms. The SMILES string of the molecule is c1cnn(C[C@H]2CN(Cc3ccc(-n4cccn4)cc3)CCO2)c1. The lowest BCUT2D eigenvalue weighted by Crippen LogP contribution is -2.43. The fourth-order valence-electron chi connectivity index (χ4n) is 3.09. The highest BCUT2D eigenvalue weighted by Gasteiger charge is 2.21. The van der Waals surface area contributed by atoms with Gasteiger partial charge in [-0.1, -0.05) is 12.1 Å². The lowest BCUT2D eigenvalue weighted by molar-refractivity contribution is -0.0402. The summed E-state index contributed by atoms with van der Waals surface area (Å²) in [6.07, 6.45) is 7.73. The van der Waals surface area contributed by atoms with Crippen LogP contribution in [-0.4, -0.2) is 50.3 Å². The van der Waals surface area contributed by atoms with Gasteiger partial charge in [0.1, 0.15) is 0 Å². The molecule has 0 radical (unpaired) electrons. The van der Waals surface area contributed by atoms with E-state index in [2.05, 4.69) is 39.4 Å². The summed E-state index contributed by atoms with van der Waals surface area (Å²) in [7, 11) is 0. The monoisotopic (exact) mass is 323 g/mol. The zero-order valence-electron chi connectivity index (χ0n) is 13.5. The van der Waals surface area contributed by atoms with Crippen molar-refractivity contribution in [2.45, 2.75) is 19.2 Å². The maximum atomic E-state index is 5.87. The largest absolute Gasteiger partial charge is 0.374 e. The number of aromatic nitrogens is 4. The fraction of sp³-hybridized carbons (Fsp3) is 0.333. The van der Waals surface area contributed by atoms with E-state index in [9.17, 15) is 0 Å². The van der Waals surface area contributed by atoms with Crippen molar-refractivity contribution >= 4 is 0 Å². The minimum absolute atomic E-state index is 0.196. The Kier molecular flexibility index (Phi) is 4.40. The van der Waals surface area contributed by atoms with Crippen LogP contribution in [0.4, 0.5) is 0 Å². The Labute approximate surface area is 141 Å². The van der Waals surface area contributed by atoms with E-state index in [-0.39, 0.29) is 6.10 Å². The van der Waals surface area contributed by atoms with Gasteiger partial charge in [-0.05, 0) is 29.8 Å². The van der Waals surface area contributed by atoms with E-state index in [1.54, 1.807) is 6.20 Å². The molecule has 1 aliphatic heterocycles. The molecule has 1 aromatic carbocycles. The van der Waals surface area contributed by atoms with Gasteiger partial charge in [-0.25, -0.2) is 4.68 Å². The van der Waals surface area contributed by atoms with E-state index in [1.807, 2.05) is 40.1 Å². The van der Waals surface area contributed by atoms with E-state index in [0.717, 1.165) is 38.5 Å². The minimum atomic E-state index is 0.196. The summed E-state index contributed by atoms with van der Waals surface area (Å²) in [5.41, 5.74) is 2.40. The molecule has 0 saturated carbocycles. The quantitative estimate of drug-likeness (QED) is 0.720. The van der Waals surface area contributed by atoms with Crippen LogP contribution in [0.2, 0.25) is 0 Å². The molecule has 1 aliphatic rings. The first-order chi connectivity index (χ1) is 11.9. The van der Waals surface area contributed by atoms with E-state index >= 15 is 0 Å². The summed E-state index contributed by atoms with van der Waals surface area (Å²) in [5.74, 6) is 0. The summed E-state index contributed by atoms with van der Waals surface area (Å²) < 4.78 is 9.68. The second-order valence-electron chi connectivity index (χ2n) is 6.07. The molecular formula is C18H21N5O. The van der Waals surface area contributed by atoms with E-state index in [4.69, 9.17) is 4.74 Å². The zero-order valence-corrected chi connectivity index (χ0v) is 13.5. The highest BCUT2D eigenvalue weighted by atomic mass is 16.5. The summed E-state index contributed by atoms with van der Waals surface area (Å²) in [6, 6.07) is 12.5. The zero-order chi connectivity index (χ0) is 16.2. The lowest BCUT2D eigenvalue weighted by atomic mass is 10.1. The van der Waals surface area contributed by atoms with E-state index in [1.165, 1.54) is 5.56 Å². The molecule has 0 N–H and O–H groups in total. The van der Waals surface area contributed by atoms with Gasteiger partial charge in [0, 0.05) is 44.4 Å². The molecule has 1 atom stereocenters. The van der Waals surface area contributed by atoms with Crippen molar-refractivity contribution in [2.24, 2.45) is 0 Å². The number of benzene rings is 1. The molecule has 124 valence electrons. The van der Waals surface area contributed by atoms with Crippen molar-refractivity contribution in [3.05, 3.63) is 66.7 Å². The molecule has 1 saturated heterocycles. The van der Waals surface area contributed by atoms with Crippen molar-refractivity contribution in [3.63, 3.8) is 0 Å². The molecule has 24 heavy (non-hydrogen) atoms. The Morgan fingerprint density at radius 3 is 2.62 bits per heavy atom. The molecule has 0 aliphatic carbocycles. The number of nitrogens with zero attached hydrogens (tertiary/aromatic N) is 5. The molecule has 6 nitrogen and oxygen atoms in total. The first-order valence-corrected chi connectivity index (χ1v) is 8.27. The van der Waals surface area contributed by atoms with Crippen LogP contribution in [0.3, 0.4) is 0 Å². The van der Waals surface area contributed by atoms with Crippen LogP contribution in [0.5, 0.6) is 0 Å². The lowest BCUT2D eigenvalue weighted by Gasteiger charge is -2.32. The Hall–Kier alpha value is -2.44. The number of hydrogen-bond donors (Lipinski definition) is 0. The Morgan fingerprint density at radius 1 is 1.04 bits per heavy atom. The Morgan fingerprint density at radius 2 is 1.88 bits per heavy atom. The van der Waals surface area contributed by atoms with Crippen LogP contribution in [0.25, 0.3) is 5.69 Å². The molecular weight excluding hydrogens is 302 g/mol. The Balaban J connectivity index is 1.36. The van der Waals surface area contributed by atoms with Crippen molar-refractivity contribution in [1.29, 1.82) is 0 Å². The number of hydrogen-bond acceptors (Lipinski definition) is 4. The predicted molar refractivity (Wildman–Crippen MR) is 90.8 cm³/mol. The van der Waals surface area contributed by atoms with Gasteiger partial charge in [0.05, 0.1) is 24.9 Å². The average Bonchev–Trinajstić information content (AvgIpc) is 3.29. The van der Waals surface area contributed by atoms with Gasteiger partial charge in [-0.3, -0.25) is 9.58 Å². The van der Waals surface area contributed by atoms with E-state index in [0.29, 0.717) is 0 Å². The fourth-order valence-corrected chi connectivity index (χ4v) is 3.09. The van der Waals surface area contributed by atoms with Crippen molar-refractivity contribution in [3.8, 4) is 5.69 Å². The maximum Gasteiger partial charge on any atom is 0.0898 e. The molecule has 6 heteroatoms. The molecule has 3 aromatic rings. The van der Waals surface area contributed by atoms with E-state index < -0.39 is 0 Å². The topological polar surface area (TPSA) is 48.1 Å². The van der Waals surface area contributed by atoms with Gasteiger partial charge in [-0.2, -0.15) is 10.2 Å². The van der Waals surface area contributed by atoms with Gasteiger partial charge in [-0.15, -0.1) is 0 Å². The summed E-state index contributed by atoms with van der Waals surface area (Å²) >= 11 is 0. The van der Waals surface area contributed by atoms with Gasteiger partial charge in [0.2, 0.25) is 0 Å². The summed E-state index contributed by atoms with van der Waals surface area (Å²) in [6.45, 7) is 4.43. The van der Waals surface area contributed by atoms with Crippen LogP contribution < -0.4 is 0 Å². The third-order valence-corrected chi connectivity index (χ3v) is 4.28. The molecule has 2 aromatic heterocycles. The molecule has 0 spiro atoms. The third kappa shape index (κ3) is 3.55. The number of ether oxygens (including phenoxy) is 1. The second kappa shape index (κ2) is 6.98. The molecule has 0 unspecified atom stereocenters. The minimum Gasteiger partial charge on any atom is -0.374 e. The average molecular weight is 323 g/mol. The first kappa shape index (κ1) is 15.1. The standard InChI is InChI=1S/C18H21N5O/c1-7-19-22(9-1)15-18-14-21(11-12-24-18)13-16-3-5-17(6-4-16)23-10-2-8-20-23/h1-10,18H,11-15H2/t18-/m1/s1. The molecule has 3 heterocycles. The van der Waals surface area contributed by atoms with Gasteiger partial charge >= 0.3 is 0 Å². The summed E-state index contributed by atoms with van der Waals surface area (Å²) in [5, 5.41) is 8.52. The first-order valence-electron chi connectivity index (χ1n) is 8.27.